The van der Waals surface area contributed by atoms with Crippen LogP contribution in [0, 0.1) is 5.41 Å². The molecule has 0 heterocycles. The molecule has 112 valence electrons. The van der Waals surface area contributed by atoms with Crippen LogP contribution in [0.5, 0.6) is 0 Å². The number of hydrogen-bond acceptors (Lipinski definition) is 2. The monoisotopic (exact) mass is 285 g/mol. The molecule has 1 amide bonds. The van der Waals surface area contributed by atoms with Crippen molar-refractivity contribution < 1.29 is 9.59 Å². The molecule has 0 aromatic heterocycles. The van der Waals surface area contributed by atoms with E-state index >= 15 is 0 Å². The molecule has 0 spiro atoms. The molecule has 1 aromatic carbocycles. The van der Waals surface area contributed by atoms with Crippen molar-refractivity contribution in [2.75, 3.05) is 6.54 Å². The molecule has 0 saturated heterocycles. The first-order valence-corrected chi connectivity index (χ1v) is 7.55. The zero-order valence-electron chi connectivity index (χ0n) is 13.2. The number of carbonyl (C=O) groups is 2. The lowest BCUT2D eigenvalue weighted by atomic mass is 9.81. The third-order valence-electron chi connectivity index (χ3n) is 3.71. The Kier molecular flexibility index (Phi) is 4.31. The Hall–Kier alpha value is -1.90. The van der Waals surface area contributed by atoms with Crippen molar-refractivity contribution in [2.45, 2.75) is 40.5 Å². The van der Waals surface area contributed by atoms with E-state index in [2.05, 4.69) is 12.2 Å². The van der Waals surface area contributed by atoms with Gasteiger partial charge in [0.05, 0.1) is 5.57 Å². The molecular weight excluding hydrogens is 262 g/mol. The van der Waals surface area contributed by atoms with Crippen molar-refractivity contribution in [2.24, 2.45) is 5.41 Å². The molecule has 2 rings (SSSR count). The van der Waals surface area contributed by atoms with Gasteiger partial charge in [-0.2, -0.15) is 0 Å². The first-order valence-electron chi connectivity index (χ1n) is 7.55. The van der Waals surface area contributed by atoms with Crippen LogP contribution >= 0.6 is 0 Å². The van der Waals surface area contributed by atoms with Crippen LogP contribution in [0.4, 0.5) is 0 Å². The van der Waals surface area contributed by atoms with E-state index in [-0.39, 0.29) is 17.1 Å². The van der Waals surface area contributed by atoms with Gasteiger partial charge >= 0.3 is 0 Å². The molecule has 3 nitrogen and oxygen atoms in total. The van der Waals surface area contributed by atoms with Crippen molar-refractivity contribution in [3.05, 3.63) is 41.0 Å². The largest absolute Gasteiger partial charge is 0.352 e. The molecule has 0 unspecified atom stereocenters. The summed E-state index contributed by atoms with van der Waals surface area (Å²) in [6.45, 7) is 8.80. The topological polar surface area (TPSA) is 46.2 Å². The second-order valence-electron chi connectivity index (χ2n) is 6.48. The summed E-state index contributed by atoms with van der Waals surface area (Å²) in [5, 5.41) is 2.88. The predicted octanol–water partition coefficient (Wildman–Crippen LogP) is 3.60. The maximum absolute atomic E-state index is 12.6. The fourth-order valence-corrected chi connectivity index (χ4v) is 2.74. The maximum Gasteiger partial charge on any atom is 0.255 e. The molecule has 0 atom stereocenters. The van der Waals surface area contributed by atoms with E-state index in [4.69, 9.17) is 0 Å². The molecule has 0 aliphatic heterocycles. The number of fused-ring (bicyclic) bond motifs is 1. The number of hydrogen-bond donors (Lipinski definition) is 1. The minimum atomic E-state index is -0.250. The fourth-order valence-electron chi connectivity index (χ4n) is 2.74. The quantitative estimate of drug-likeness (QED) is 0.678. The zero-order valence-corrected chi connectivity index (χ0v) is 13.2. The lowest BCUT2D eigenvalue weighted by Crippen LogP contribution is -2.29. The first-order chi connectivity index (χ1) is 9.88. The lowest BCUT2D eigenvalue weighted by molar-refractivity contribution is -0.117. The molecule has 21 heavy (non-hydrogen) atoms. The molecule has 1 N–H and O–H groups in total. The van der Waals surface area contributed by atoms with E-state index in [0.717, 1.165) is 24.0 Å². The van der Waals surface area contributed by atoms with Gasteiger partial charge in [0.25, 0.3) is 5.91 Å². The molecule has 1 aromatic rings. The number of benzene rings is 1. The fraction of sp³-hybridized carbons (Fsp3) is 0.444. The van der Waals surface area contributed by atoms with Gasteiger partial charge in [-0.15, -0.1) is 0 Å². The summed E-state index contributed by atoms with van der Waals surface area (Å²) in [6, 6.07) is 7.49. The van der Waals surface area contributed by atoms with Gasteiger partial charge in [-0.3, -0.25) is 9.59 Å². The van der Waals surface area contributed by atoms with E-state index in [0.29, 0.717) is 17.7 Å². The molecule has 0 fully saturated rings. The van der Waals surface area contributed by atoms with Crippen LogP contribution in [0.25, 0.3) is 5.57 Å². The van der Waals surface area contributed by atoms with Gasteiger partial charge in [0, 0.05) is 12.1 Å². The number of ketones is 1. The summed E-state index contributed by atoms with van der Waals surface area (Å²) in [5.74, 6) is -0.390. The van der Waals surface area contributed by atoms with E-state index in [1.54, 1.807) is 6.07 Å². The number of allylic oxidation sites excluding steroid dienone is 1. The van der Waals surface area contributed by atoms with Gasteiger partial charge in [-0.25, -0.2) is 0 Å². The minimum absolute atomic E-state index is 0.149. The minimum Gasteiger partial charge on any atom is -0.352 e. The molecule has 1 aliphatic carbocycles. The Morgan fingerprint density at radius 1 is 1.14 bits per heavy atom. The average molecular weight is 285 g/mol. The van der Waals surface area contributed by atoms with Gasteiger partial charge in [-0.05, 0) is 23.0 Å². The highest BCUT2D eigenvalue weighted by Gasteiger charge is 2.38. The number of amides is 1. The van der Waals surface area contributed by atoms with Crippen molar-refractivity contribution in [3.8, 4) is 0 Å². The van der Waals surface area contributed by atoms with Crippen molar-refractivity contribution >= 4 is 17.3 Å². The lowest BCUT2D eigenvalue weighted by Gasteiger charge is -2.23. The summed E-state index contributed by atoms with van der Waals surface area (Å²) in [5.41, 5.74) is 2.47. The Labute approximate surface area is 126 Å². The number of carbonyl (C=O) groups excluding carboxylic acids is 2. The third kappa shape index (κ3) is 2.92. The van der Waals surface area contributed by atoms with Gasteiger partial charge in [0.15, 0.2) is 5.78 Å². The van der Waals surface area contributed by atoms with Gasteiger partial charge in [0.2, 0.25) is 0 Å². The molecule has 3 heteroatoms. The van der Waals surface area contributed by atoms with Crippen molar-refractivity contribution in [1.29, 1.82) is 0 Å². The molecule has 0 bridgehead atoms. The number of rotatable bonds is 4. The normalized spacial score (nSPS) is 14.4. The van der Waals surface area contributed by atoms with E-state index in [1.165, 1.54) is 0 Å². The standard InChI is InChI=1S/C18H23NO2/c1-5-6-11-19-17(21)14-15(18(2,3)4)12-9-7-8-10-13(12)16(14)20/h7-10H,5-6,11H2,1-4H3,(H,19,21). The van der Waals surface area contributed by atoms with Crippen molar-refractivity contribution in [1.82, 2.24) is 5.32 Å². The summed E-state index contributed by atoms with van der Waals surface area (Å²) >= 11 is 0. The Morgan fingerprint density at radius 2 is 1.76 bits per heavy atom. The van der Waals surface area contributed by atoms with Crippen molar-refractivity contribution in [3.63, 3.8) is 0 Å². The molecule has 1 aliphatic rings. The molecular formula is C18H23NO2. The molecule has 0 saturated carbocycles. The first kappa shape index (κ1) is 15.5. The van der Waals surface area contributed by atoms with Crippen LogP contribution in [0.2, 0.25) is 0 Å². The number of nitrogens with one attached hydrogen (secondary N) is 1. The van der Waals surface area contributed by atoms with Gasteiger partial charge in [-0.1, -0.05) is 58.4 Å². The maximum atomic E-state index is 12.6. The van der Waals surface area contributed by atoms with E-state index < -0.39 is 0 Å². The number of Topliss-reactive ketones (excluding diaryl/α,β-unsaturated/α-hetero) is 1. The van der Waals surface area contributed by atoms with Crippen LogP contribution < -0.4 is 5.32 Å². The van der Waals surface area contributed by atoms with Gasteiger partial charge in [0.1, 0.15) is 0 Å². The summed E-state index contributed by atoms with van der Waals surface area (Å²) in [6.07, 6.45) is 1.94. The zero-order chi connectivity index (χ0) is 15.6. The van der Waals surface area contributed by atoms with Crippen LogP contribution in [0.15, 0.2) is 29.8 Å². The Bertz CT molecular complexity index is 606. The van der Waals surface area contributed by atoms with E-state index in [9.17, 15) is 9.59 Å². The highest BCUT2D eigenvalue weighted by atomic mass is 16.2. The highest BCUT2D eigenvalue weighted by Crippen LogP contribution is 2.43. The Balaban J connectivity index is 2.45. The highest BCUT2D eigenvalue weighted by molar-refractivity contribution is 6.35. The van der Waals surface area contributed by atoms with Gasteiger partial charge < -0.3 is 5.32 Å². The third-order valence-corrected chi connectivity index (χ3v) is 3.71. The molecule has 0 radical (unpaired) electrons. The van der Waals surface area contributed by atoms with Crippen LogP contribution in [0.1, 0.15) is 56.5 Å². The van der Waals surface area contributed by atoms with Crippen LogP contribution in [0.3, 0.4) is 0 Å². The second-order valence-corrected chi connectivity index (χ2v) is 6.48. The summed E-state index contributed by atoms with van der Waals surface area (Å²) in [7, 11) is 0. The second kappa shape index (κ2) is 5.84. The SMILES string of the molecule is CCCCNC(=O)C1=C(C(C)(C)C)c2ccccc2C1=O. The Morgan fingerprint density at radius 3 is 2.33 bits per heavy atom. The van der Waals surface area contributed by atoms with Crippen LogP contribution in [-0.2, 0) is 4.79 Å². The van der Waals surface area contributed by atoms with Crippen LogP contribution in [-0.4, -0.2) is 18.2 Å². The average Bonchev–Trinajstić information content (AvgIpc) is 2.73. The predicted molar refractivity (Wildman–Crippen MR) is 85.1 cm³/mol. The number of unbranched alkanes of at least 4 members (excludes halogenated alkanes) is 1. The van der Waals surface area contributed by atoms with E-state index in [1.807, 2.05) is 39.0 Å². The summed E-state index contributed by atoms with van der Waals surface area (Å²) < 4.78 is 0. The summed E-state index contributed by atoms with van der Waals surface area (Å²) in [4.78, 5) is 25.1. The smallest absolute Gasteiger partial charge is 0.255 e.